The van der Waals surface area contributed by atoms with Crippen LogP contribution in [0, 0.1) is 11.7 Å². The van der Waals surface area contributed by atoms with Crippen LogP contribution in [0.1, 0.15) is 51.9 Å². The van der Waals surface area contributed by atoms with E-state index in [1.54, 1.807) is 0 Å². The smallest absolute Gasteiger partial charge is 0.258 e. The van der Waals surface area contributed by atoms with Crippen LogP contribution in [0.2, 0.25) is 5.02 Å². The molecule has 2 bridgehead atoms. The van der Waals surface area contributed by atoms with Gasteiger partial charge in [0.25, 0.3) is 5.91 Å². The predicted octanol–water partition coefficient (Wildman–Crippen LogP) is 2.29. The highest BCUT2D eigenvalue weighted by atomic mass is 35.5. The third kappa shape index (κ3) is 4.87. The van der Waals surface area contributed by atoms with Crippen molar-refractivity contribution in [1.29, 1.82) is 0 Å². The highest BCUT2D eigenvalue weighted by Gasteiger charge is 2.55. The lowest BCUT2D eigenvalue weighted by Gasteiger charge is -2.56. The molecule has 1 aromatic carbocycles. The molecule has 0 radical (unpaired) electrons. The van der Waals surface area contributed by atoms with Crippen LogP contribution in [0.25, 0.3) is 0 Å². The molecule has 9 heteroatoms. The van der Waals surface area contributed by atoms with E-state index in [9.17, 15) is 19.1 Å². The van der Waals surface area contributed by atoms with Crippen LogP contribution in [0.15, 0.2) is 18.2 Å². The second-order valence-corrected chi connectivity index (χ2v) is 10.0. The van der Waals surface area contributed by atoms with Gasteiger partial charge in [0.1, 0.15) is 11.6 Å². The summed E-state index contributed by atoms with van der Waals surface area (Å²) < 4.78 is 18.9. The van der Waals surface area contributed by atoms with Gasteiger partial charge in [-0.1, -0.05) is 11.6 Å². The van der Waals surface area contributed by atoms with Crippen molar-refractivity contribution in [3.05, 3.63) is 29.0 Å². The minimum Gasteiger partial charge on any atom is -0.484 e. The number of carbonyl (C=O) groups excluding carboxylic acids is 2. The van der Waals surface area contributed by atoms with E-state index in [1.165, 1.54) is 12.1 Å². The van der Waals surface area contributed by atoms with E-state index >= 15 is 0 Å². The van der Waals surface area contributed by atoms with Crippen LogP contribution < -0.4 is 20.7 Å². The van der Waals surface area contributed by atoms with Gasteiger partial charge in [-0.05, 0) is 64.0 Å². The summed E-state index contributed by atoms with van der Waals surface area (Å²) >= 11 is 5.66. The highest BCUT2D eigenvalue weighted by molar-refractivity contribution is 6.30. The molecule has 3 saturated carbocycles. The fraction of sp³-hybridized carbons (Fsp3) is 0.652. The number of aliphatic hydroxyl groups is 1. The summed E-state index contributed by atoms with van der Waals surface area (Å²) in [6, 6.07) is 4.44. The molecule has 1 saturated heterocycles. The number of amides is 2. The van der Waals surface area contributed by atoms with Crippen LogP contribution in [-0.2, 0) is 9.59 Å². The Morgan fingerprint density at radius 3 is 2.62 bits per heavy atom. The molecule has 4 N–H and O–H groups in total. The number of aliphatic hydroxyl groups excluding tert-OH is 1. The summed E-state index contributed by atoms with van der Waals surface area (Å²) in [6.45, 7) is 2.52. The average Bonchev–Trinajstić information content (AvgIpc) is 2.76. The van der Waals surface area contributed by atoms with Crippen molar-refractivity contribution in [1.82, 2.24) is 16.0 Å². The topological polar surface area (TPSA) is 99.7 Å². The van der Waals surface area contributed by atoms with Crippen molar-refractivity contribution < 1.29 is 23.8 Å². The molecule has 2 amide bonds. The Morgan fingerprint density at radius 1 is 1.25 bits per heavy atom. The molecule has 3 aliphatic carbocycles. The summed E-state index contributed by atoms with van der Waals surface area (Å²) in [5.41, 5.74) is -1.14. The predicted molar refractivity (Wildman–Crippen MR) is 118 cm³/mol. The molecule has 7 nitrogen and oxygen atoms in total. The minimum atomic E-state index is -0.726. The van der Waals surface area contributed by atoms with Crippen LogP contribution in [0.4, 0.5) is 4.39 Å². The first-order chi connectivity index (χ1) is 15.2. The van der Waals surface area contributed by atoms with Crippen molar-refractivity contribution in [2.45, 2.75) is 75.1 Å². The molecular formula is C23H31ClFN3O4. The summed E-state index contributed by atoms with van der Waals surface area (Å²) in [5, 5.41) is 20.4. The van der Waals surface area contributed by atoms with Gasteiger partial charge in [0.2, 0.25) is 5.91 Å². The Morgan fingerprint density at radius 2 is 2.00 bits per heavy atom. The molecule has 4 aliphatic rings. The zero-order chi connectivity index (χ0) is 22.9. The second kappa shape index (κ2) is 9.15. The number of rotatable bonds is 6. The van der Waals surface area contributed by atoms with Crippen molar-refractivity contribution >= 4 is 23.4 Å². The fourth-order valence-electron chi connectivity index (χ4n) is 5.28. The maximum absolute atomic E-state index is 13.5. The van der Waals surface area contributed by atoms with Crippen molar-refractivity contribution in [3.63, 3.8) is 0 Å². The van der Waals surface area contributed by atoms with Gasteiger partial charge < -0.3 is 25.8 Å². The first-order valence-corrected chi connectivity index (χ1v) is 11.7. The average molecular weight is 468 g/mol. The quantitative estimate of drug-likeness (QED) is 0.514. The number of carbonyl (C=O) groups is 2. The highest BCUT2D eigenvalue weighted by Crippen LogP contribution is 2.47. The summed E-state index contributed by atoms with van der Waals surface area (Å²) in [7, 11) is 0. The van der Waals surface area contributed by atoms with Crippen LogP contribution in [0.3, 0.4) is 0 Å². The molecule has 0 aromatic heterocycles. The van der Waals surface area contributed by atoms with Gasteiger partial charge in [0.05, 0.1) is 22.6 Å². The fourth-order valence-corrected chi connectivity index (χ4v) is 5.40. The van der Waals surface area contributed by atoms with Crippen LogP contribution in [0.5, 0.6) is 5.75 Å². The molecule has 3 atom stereocenters. The number of benzene rings is 1. The molecule has 1 aliphatic heterocycles. The third-order valence-electron chi connectivity index (χ3n) is 7.39. The van der Waals surface area contributed by atoms with Gasteiger partial charge in [-0.25, -0.2) is 4.39 Å². The van der Waals surface area contributed by atoms with Crippen molar-refractivity contribution in [3.8, 4) is 5.75 Å². The first-order valence-electron chi connectivity index (χ1n) is 11.3. The summed E-state index contributed by atoms with van der Waals surface area (Å²) in [4.78, 5) is 25.3. The van der Waals surface area contributed by atoms with E-state index in [0.29, 0.717) is 44.7 Å². The van der Waals surface area contributed by atoms with E-state index in [2.05, 4.69) is 22.9 Å². The lowest BCUT2D eigenvalue weighted by molar-refractivity contribution is -0.138. The van der Waals surface area contributed by atoms with Crippen LogP contribution >= 0.6 is 11.6 Å². The molecule has 176 valence electrons. The van der Waals surface area contributed by atoms with Gasteiger partial charge in [0, 0.05) is 24.2 Å². The first kappa shape index (κ1) is 23.3. The van der Waals surface area contributed by atoms with Crippen molar-refractivity contribution in [2.75, 3.05) is 13.2 Å². The Labute approximate surface area is 192 Å². The summed E-state index contributed by atoms with van der Waals surface area (Å²) in [6.07, 6.45) is 4.04. The third-order valence-corrected chi connectivity index (χ3v) is 7.70. The van der Waals surface area contributed by atoms with E-state index in [-0.39, 0.29) is 35.1 Å². The Bertz CT molecular complexity index is 867. The van der Waals surface area contributed by atoms with E-state index in [0.717, 1.165) is 18.9 Å². The standard InChI is InChI=1S/C23H31ClFN3O4/c1-14-2-3-15(12-26-14)21(31)28-23-8-6-22(7-9-23,11-19(23)29)27-20(30)13-32-16-4-5-17(24)18(25)10-16/h4-5,10,14-15,19,26,29H,2-3,6-9,11-13H2,1H3,(H,27,30)(H,28,31). The van der Waals surface area contributed by atoms with Gasteiger partial charge >= 0.3 is 0 Å². The van der Waals surface area contributed by atoms with E-state index < -0.39 is 23.0 Å². The lowest BCUT2D eigenvalue weighted by Crippen LogP contribution is -2.71. The maximum atomic E-state index is 13.5. The molecule has 0 spiro atoms. The molecule has 1 aromatic rings. The molecule has 1 heterocycles. The Kier molecular flexibility index (Phi) is 6.66. The Hall–Kier alpha value is -1.90. The summed E-state index contributed by atoms with van der Waals surface area (Å²) in [5.74, 6) is -0.780. The number of piperidine rings is 1. The SMILES string of the molecule is CC1CCC(C(=O)NC23CCC(NC(=O)COc4ccc(Cl)c(F)c4)(CC2)CC3O)CN1. The number of ether oxygens (including phenoxy) is 1. The molecule has 32 heavy (non-hydrogen) atoms. The van der Waals surface area contributed by atoms with Crippen LogP contribution in [-0.4, -0.2) is 53.3 Å². The van der Waals surface area contributed by atoms with Crippen molar-refractivity contribution in [2.24, 2.45) is 5.92 Å². The van der Waals surface area contributed by atoms with Gasteiger partial charge in [-0.15, -0.1) is 0 Å². The number of hydrogen-bond acceptors (Lipinski definition) is 5. The van der Waals surface area contributed by atoms with Gasteiger partial charge in [-0.3, -0.25) is 9.59 Å². The normalized spacial score (nSPS) is 34.1. The zero-order valence-electron chi connectivity index (χ0n) is 18.3. The second-order valence-electron chi connectivity index (χ2n) is 9.64. The molecule has 5 rings (SSSR count). The van der Waals surface area contributed by atoms with E-state index in [4.69, 9.17) is 16.3 Å². The number of halogens is 2. The maximum Gasteiger partial charge on any atom is 0.258 e. The monoisotopic (exact) mass is 467 g/mol. The molecular weight excluding hydrogens is 437 g/mol. The molecule has 4 fully saturated rings. The van der Waals surface area contributed by atoms with Gasteiger partial charge in [0.15, 0.2) is 6.61 Å². The largest absolute Gasteiger partial charge is 0.484 e. The number of nitrogens with one attached hydrogen (secondary N) is 3. The molecule has 3 unspecified atom stereocenters. The number of fused-ring (bicyclic) bond motifs is 3. The Balaban J connectivity index is 1.30. The zero-order valence-corrected chi connectivity index (χ0v) is 19.0. The van der Waals surface area contributed by atoms with Gasteiger partial charge in [-0.2, -0.15) is 0 Å². The van der Waals surface area contributed by atoms with E-state index in [1.807, 2.05) is 0 Å². The minimum absolute atomic E-state index is 0.00508. The number of hydrogen-bond donors (Lipinski definition) is 4. The lowest BCUT2D eigenvalue weighted by atomic mass is 9.59.